The molecule has 70 valence electrons. The van der Waals surface area contributed by atoms with Gasteiger partial charge >= 0.3 is 0 Å². The van der Waals surface area contributed by atoms with Crippen molar-refractivity contribution in [1.82, 2.24) is 4.98 Å². The molecular weight excluding hydrogens is 210 g/mol. The lowest BCUT2D eigenvalue weighted by Gasteiger charge is -1.97. The molecule has 0 aliphatic carbocycles. The molecule has 1 heterocycles. The minimum Gasteiger partial charge on any atom is -0.396 e. The van der Waals surface area contributed by atoms with E-state index in [2.05, 4.69) is 10.3 Å². The molecule has 0 spiro atoms. The molecule has 13 heavy (non-hydrogen) atoms. The second-order valence-corrected chi connectivity index (χ2v) is 3.61. The number of halogens is 1. The first kappa shape index (κ1) is 10.3. The second kappa shape index (κ2) is 5.02. The van der Waals surface area contributed by atoms with Gasteiger partial charge in [0.1, 0.15) is 10.9 Å². The minimum absolute atomic E-state index is 0.136. The van der Waals surface area contributed by atoms with E-state index in [-0.39, 0.29) is 11.8 Å². The summed E-state index contributed by atoms with van der Waals surface area (Å²) in [5, 5.41) is 20.9. The van der Waals surface area contributed by atoms with Gasteiger partial charge in [-0.05, 0) is 6.42 Å². The lowest BCUT2D eigenvalue weighted by molar-refractivity contribution is 0.292. The first-order valence-corrected chi connectivity index (χ1v) is 4.88. The van der Waals surface area contributed by atoms with Crippen LogP contribution in [-0.2, 0) is 0 Å². The summed E-state index contributed by atoms with van der Waals surface area (Å²) in [4.78, 5) is 4.33. The van der Waals surface area contributed by atoms with Crippen LogP contribution in [0.15, 0.2) is 0 Å². The Hall–Kier alpha value is -0.830. The fraction of sp³-hybridized carbons (Fsp3) is 0.429. The molecule has 0 aliphatic rings. The second-order valence-electron chi connectivity index (χ2n) is 2.25. The van der Waals surface area contributed by atoms with Gasteiger partial charge in [0.2, 0.25) is 0 Å². The van der Waals surface area contributed by atoms with Gasteiger partial charge in [0.05, 0.1) is 0 Å². The maximum atomic E-state index is 8.57. The third-order valence-corrected chi connectivity index (χ3v) is 2.60. The Morgan fingerprint density at radius 1 is 1.69 bits per heavy atom. The van der Waals surface area contributed by atoms with Crippen LogP contribution in [0.5, 0.6) is 0 Å². The van der Waals surface area contributed by atoms with Crippen molar-refractivity contribution in [2.24, 2.45) is 0 Å². The van der Waals surface area contributed by atoms with Crippen LogP contribution in [0.3, 0.4) is 0 Å². The summed E-state index contributed by atoms with van der Waals surface area (Å²) in [5.74, 6) is 0. The molecule has 1 rings (SSSR count). The highest BCUT2D eigenvalue weighted by atomic mass is 35.5. The average molecular weight is 218 g/mol. The molecule has 0 unspecified atom stereocenters. The predicted molar refractivity (Wildman–Crippen MR) is 52.0 cm³/mol. The average Bonchev–Trinajstić information content (AvgIpc) is 2.47. The van der Waals surface area contributed by atoms with Crippen LogP contribution < -0.4 is 5.32 Å². The van der Waals surface area contributed by atoms with Crippen molar-refractivity contribution >= 4 is 28.1 Å². The molecule has 2 N–H and O–H groups in total. The number of thiazole rings is 1. The molecule has 0 atom stereocenters. The zero-order valence-electron chi connectivity index (χ0n) is 6.75. The van der Waals surface area contributed by atoms with Gasteiger partial charge in [-0.1, -0.05) is 22.9 Å². The Morgan fingerprint density at radius 3 is 3.00 bits per heavy atom. The third-order valence-electron chi connectivity index (χ3n) is 1.30. The number of aliphatic hydroxyl groups is 1. The zero-order valence-corrected chi connectivity index (χ0v) is 8.32. The lowest BCUT2D eigenvalue weighted by Crippen LogP contribution is -2.02. The molecule has 0 amide bonds. The van der Waals surface area contributed by atoms with Gasteiger partial charge in [-0.3, -0.25) is 0 Å². The van der Waals surface area contributed by atoms with E-state index >= 15 is 0 Å². The molecule has 0 fully saturated rings. The van der Waals surface area contributed by atoms with Crippen molar-refractivity contribution < 1.29 is 5.11 Å². The van der Waals surface area contributed by atoms with Gasteiger partial charge in [-0.25, -0.2) is 4.98 Å². The summed E-state index contributed by atoms with van der Waals surface area (Å²) in [6.07, 6.45) is 0.652. The summed E-state index contributed by atoms with van der Waals surface area (Å²) in [5.41, 5.74) is 0. The Bertz CT molecular complexity index is 320. The van der Waals surface area contributed by atoms with Crippen molar-refractivity contribution in [2.45, 2.75) is 6.42 Å². The molecule has 1 aromatic heterocycles. The van der Waals surface area contributed by atoms with E-state index in [4.69, 9.17) is 22.0 Å². The smallest absolute Gasteiger partial charge is 0.185 e. The van der Waals surface area contributed by atoms with Crippen molar-refractivity contribution in [2.75, 3.05) is 18.5 Å². The van der Waals surface area contributed by atoms with Crippen molar-refractivity contribution in [1.29, 1.82) is 5.26 Å². The molecule has 0 aliphatic heterocycles. The van der Waals surface area contributed by atoms with Crippen LogP contribution in [0.25, 0.3) is 0 Å². The van der Waals surface area contributed by atoms with Crippen molar-refractivity contribution in [3.8, 4) is 6.07 Å². The van der Waals surface area contributed by atoms with E-state index in [1.165, 1.54) is 11.3 Å². The Labute approximate surface area is 84.8 Å². The summed E-state index contributed by atoms with van der Waals surface area (Å²) >= 11 is 6.86. The number of nitrogens with zero attached hydrogens (tertiary/aromatic N) is 2. The Morgan fingerprint density at radius 2 is 2.46 bits per heavy atom. The normalized spacial score (nSPS) is 9.62. The molecule has 0 radical (unpaired) electrons. The molecule has 6 heteroatoms. The Kier molecular flexibility index (Phi) is 3.96. The molecular formula is C7H8ClN3OS. The van der Waals surface area contributed by atoms with Gasteiger partial charge < -0.3 is 10.4 Å². The molecule has 0 bridgehead atoms. The summed E-state index contributed by atoms with van der Waals surface area (Å²) in [6.45, 7) is 0.766. The first-order chi connectivity index (χ1) is 6.27. The van der Waals surface area contributed by atoms with Crippen LogP contribution in [0.4, 0.5) is 5.13 Å². The SMILES string of the molecule is N#Cc1sc(NCCCO)nc1Cl. The van der Waals surface area contributed by atoms with E-state index < -0.39 is 0 Å². The quantitative estimate of drug-likeness (QED) is 0.750. The third kappa shape index (κ3) is 2.84. The standard InChI is InChI=1S/C7H8ClN3OS/c8-6-5(4-9)13-7(11-6)10-2-1-3-12/h12H,1-3H2,(H,10,11). The number of aliphatic hydroxyl groups excluding tert-OH is 1. The van der Waals surface area contributed by atoms with Crippen LogP contribution in [0, 0.1) is 11.3 Å². The maximum absolute atomic E-state index is 8.57. The fourth-order valence-electron chi connectivity index (χ4n) is 0.720. The largest absolute Gasteiger partial charge is 0.396 e. The highest BCUT2D eigenvalue weighted by Crippen LogP contribution is 2.25. The molecule has 0 saturated heterocycles. The molecule has 0 aromatic carbocycles. The van der Waals surface area contributed by atoms with Crippen LogP contribution in [-0.4, -0.2) is 23.2 Å². The topological polar surface area (TPSA) is 68.9 Å². The number of nitrogens with one attached hydrogen (secondary N) is 1. The van der Waals surface area contributed by atoms with Gasteiger partial charge in [0.25, 0.3) is 0 Å². The van der Waals surface area contributed by atoms with Crippen molar-refractivity contribution in [3.63, 3.8) is 0 Å². The zero-order chi connectivity index (χ0) is 9.68. The number of hydrogen-bond donors (Lipinski definition) is 2. The maximum Gasteiger partial charge on any atom is 0.185 e. The van der Waals surface area contributed by atoms with E-state index in [0.29, 0.717) is 23.0 Å². The van der Waals surface area contributed by atoms with Crippen LogP contribution in [0.1, 0.15) is 11.3 Å². The highest BCUT2D eigenvalue weighted by Gasteiger charge is 2.07. The number of rotatable bonds is 4. The predicted octanol–water partition coefficient (Wildman–Crippen LogP) is 1.46. The van der Waals surface area contributed by atoms with Crippen molar-refractivity contribution in [3.05, 3.63) is 10.0 Å². The molecule has 4 nitrogen and oxygen atoms in total. The number of anilines is 1. The van der Waals surface area contributed by atoms with Gasteiger partial charge in [0, 0.05) is 13.2 Å². The summed E-state index contributed by atoms with van der Waals surface area (Å²) in [6, 6.07) is 1.94. The molecule has 1 aromatic rings. The summed E-state index contributed by atoms with van der Waals surface area (Å²) < 4.78 is 0. The Balaban J connectivity index is 2.54. The van der Waals surface area contributed by atoms with Crippen LogP contribution >= 0.6 is 22.9 Å². The highest BCUT2D eigenvalue weighted by molar-refractivity contribution is 7.16. The number of hydrogen-bond acceptors (Lipinski definition) is 5. The van der Waals surface area contributed by atoms with E-state index in [1.807, 2.05) is 6.07 Å². The van der Waals surface area contributed by atoms with Gasteiger partial charge in [-0.15, -0.1) is 0 Å². The first-order valence-electron chi connectivity index (χ1n) is 3.69. The van der Waals surface area contributed by atoms with E-state index in [0.717, 1.165) is 0 Å². The fourth-order valence-corrected chi connectivity index (χ4v) is 1.69. The minimum atomic E-state index is 0.136. The van der Waals surface area contributed by atoms with Crippen LogP contribution in [0.2, 0.25) is 5.15 Å². The lowest BCUT2D eigenvalue weighted by atomic mass is 10.5. The number of nitriles is 1. The van der Waals surface area contributed by atoms with Gasteiger partial charge in [-0.2, -0.15) is 5.26 Å². The van der Waals surface area contributed by atoms with Gasteiger partial charge in [0.15, 0.2) is 10.3 Å². The number of aromatic nitrogens is 1. The monoisotopic (exact) mass is 217 g/mol. The van der Waals surface area contributed by atoms with E-state index in [1.54, 1.807) is 0 Å². The summed E-state index contributed by atoms with van der Waals surface area (Å²) in [7, 11) is 0. The van der Waals surface area contributed by atoms with E-state index in [9.17, 15) is 0 Å². The molecule has 0 saturated carbocycles.